The number of hydrogen-bond donors (Lipinski definition) is 4. The molecule has 1 rings (SSSR count). The molecular formula is C13H26O4. The molecular weight excluding hydrogens is 220 g/mol. The SMILES string of the molecule is CCCCC1(O)CCCCC(O)C(O)CC1O. The molecule has 1 aliphatic rings. The minimum absolute atomic E-state index is 0.0569. The Bertz CT molecular complexity index is 221. The average Bonchev–Trinajstić information content (AvgIpc) is 2.34. The fourth-order valence-corrected chi connectivity index (χ4v) is 2.52. The molecule has 0 radical (unpaired) electrons. The van der Waals surface area contributed by atoms with E-state index in [1.165, 1.54) is 0 Å². The molecule has 0 aromatic rings. The molecule has 4 unspecified atom stereocenters. The summed E-state index contributed by atoms with van der Waals surface area (Å²) in [7, 11) is 0. The van der Waals surface area contributed by atoms with Crippen LogP contribution in [0, 0.1) is 0 Å². The first-order valence-corrected chi connectivity index (χ1v) is 6.76. The quantitative estimate of drug-likeness (QED) is 0.598. The van der Waals surface area contributed by atoms with Gasteiger partial charge in [-0.05, 0) is 19.3 Å². The van der Waals surface area contributed by atoms with Gasteiger partial charge in [0.1, 0.15) is 0 Å². The Hall–Kier alpha value is -0.160. The second-order valence-corrected chi connectivity index (χ2v) is 5.34. The van der Waals surface area contributed by atoms with Crippen molar-refractivity contribution in [1.82, 2.24) is 0 Å². The van der Waals surface area contributed by atoms with Gasteiger partial charge in [0, 0.05) is 6.42 Å². The maximum absolute atomic E-state index is 10.5. The highest BCUT2D eigenvalue weighted by molar-refractivity contribution is 4.90. The fraction of sp³-hybridized carbons (Fsp3) is 1.00. The Kier molecular flexibility index (Phi) is 5.86. The molecule has 4 N–H and O–H groups in total. The lowest BCUT2D eigenvalue weighted by Gasteiger charge is -2.34. The molecule has 1 saturated carbocycles. The van der Waals surface area contributed by atoms with E-state index >= 15 is 0 Å². The van der Waals surface area contributed by atoms with Gasteiger partial charge in [-0.1, -0.05) is 32.6 Å². The summed E-state index contributed by atoms with van der Waals surface area (Å²) < 4.78 is 0. The van der Waals surface area contributed by atoms with Crippen molar-refractivity contribution in [2.24, 2.45) is 0 Å². The van der Waals surface area contributed by atoms with Crippen molar-refractivity contribution in [2.75, 3.05) is 0 Å². The largest absolute Gasteiger partial charge is 0.390 e. The summed E-state index contributed by atoms with van der Waals surface area (Å²) in [4.78, 5) is 0. The number of aliphatic hydroxyl groups excluding tert-OH is 3. The van der Waals surface area contributed by atoms with Crippen molar-refractivity contribution in [2.45, 2.75) is 82.2 Å². The molecule has 0 spiro atoms. The van der Waals surface area contributed by atoms with Gasteiger partial charge in [0.2, 0.25) is 0 Å². The predicted molar refractivity (Wildman–Crippen MR) is 65.6 cm³/mol. The van der Waals surface area contributed by atoms with E-state index in [0.29, 0.717) is 19.3 Å². The summed E-state index contributed by atoms with van der Waals surface area (Å²) in [6, 6.07) is 0. The van der Waals surface area contributed by atoms with Gasteiger partial charge in [0.05, 0.1) is 23.9 Å². The minimum atomic E-state index is -1.10. The first-order chi connectivity index (χ1) is 7.99. The van der Waals surface area contributed by atoms with Crippen LogP contribution in [0.25, 0.3) is 0 Å². The van der Waals surface area contributed by atoms with E-state index in [2.05, 4.69) is 0 Å². The summed E-state index contributed by atoms with van der Waals surface area (Å²) >= 11 is 0. The van der Waals surface area contributed by atoms with Crippen molar-refractivity contribution in [3.8, 4) is 0 Å². The highest BCUT2D eigenvalue weighted by Crippen LogP contribution is 2.30. The molecule has 1 fully saturated rings. The molecule has 0 saturated heterocycles. The van der Waals surface area contributed by atoms with Gasteiger partial charge in [-0.15, -0.1) is 0 Å². The third kappa shape index (κ3) is 4.21. The molecule has 4 heteroatoms. The average molecular weight is 246 g/mol. The Morgan fingerprint density at radius 1 is 1.12 bits per heavy atom. The van der Waals surface area contributed by atoms with Crippen LogP contribution in [0.4, 0.5) is 0 Å². The Morgan fingerprint density at radius 2 is 1.82 bits per heavy atom. The third-order valence-corrected chi connectivity index (χ3v) is 3.85. The normalized spacial score (nSPS) is 40.4. The Morgan fingerprint density at radius 3 is 2.47 bits per heavy atom. The van der Waals surface area contributed by atoms with E-state index in [-0.39, 0.29) is 6.42 Å². The lowest BCUT2D eigenvalue weighted by molar-refractivity contribution is -0.109. The smallest absolute Gasteiger partial charge is 0.0906 e. The maximum Gasteiger partial charge on any atom is 0.0906 e. The van der Waals surface area contributed by atoms with Crippen LogP contribution in [0.3, 0.4) is 0 Å². The lowest BCUT2D eigenvalue weighted by atomic mass is 9.84. The van der Waals surface area contributed by atoms with Gasteiger partial charge in [-0.25, -0.2) is 0 Å². The van der Waals surface area contributed by atoms with Gasteiger partial charge in [0.15, 0.2) is 0 Å². The zero-order valence-corrected chi connectivity index (χ0v) is 10.7. The van der Waals surface area contributed by atoms with Crippen LogP contribution in [0.1, 0.15) is 58.3 Å². The van der Waals surface area contributed by atoms with E-state index < -0.39 is 23.9 Å². The van der Waals surface area contributed by atoms with Gasteiger partial charge < -0.3 is 20.4 Å². The molecule has 0 heterocycles. The standard InChI is InChI=1S/C13H26O4/c1-2-3-7-13(17)8-5-4-6-10(14)11(15)9-12(13)16/h10-12,14-17H,2-9H2,1H3. The van der Waals surface area contributed by atoms with Gasteiger partial charge in [0.25, 0.3) is 0 Å². The maximum atomic E-state index is 10.5. The molecule has 0 bridgehead atoms. The van der Waals surface area contributed by atoms with Crippen molar-refractivity contribution < 1.29 is 20.4 Å². The summed E-state index contributed by atoms with van der Waals surface area (Å²) in [6.07, 6.45) is 2.44. The van der Waals surface area contributed by atoms with Crippen molar-refractivity contribution in [3.63, 3.8) is 0 Å². The lowest BCUT2D eigenvalue weighted by Crippen LogP contribution is -2.45. The van der Waals surface area contributed by atoms with Crippen molar-refractivity contribution >= 4 is 0 Å². The second kappa shape index (κ2) is 6.69. The number of hydrogen-bond acceptors (Lipinski definition) is 4. The molecule has 0 aromatic carbocycles. The van der Waals surface area contributed by atoms with Crippen molar-refractivity contribution in [1.29, 1.82) is 0 Å². The second-order valence-electron chi connectivity index (χ2n) is 5.34. The van der Waals surface area contributed by atoms with Gasteiger partial charge >= 0.3 is 0 Å². The zero-order valence-electron chi connectivity index (χ0n) is 10.7. The molecule has 0 aliphatic heterocycles. The zero-order chi connectivity index (χ0) is 12.9. The molecule has 4 atom stereocenters. The molecule has 0 amide bonds. The van der Waals surface area contributed by atoms with Crippen LogP contribution in [0.2, 0.25) is 0 Å². The first kappa shape index (κ1) is 14.9. The van der Waals surface area contributed by atoms with Gasteiger partial charge in [-0.3, -0.25) is 0 Å². The van der Waals surface area contributed by atoms with Crippen LogP contribution in [0.15, 0.2) is 0 Å². The van der Waals surface area contributed by atoms with E-state index in [9.17, 15) is 20.4 Å². The third-order valence-electron chi connectivity index (χ3n) is 3.85. The molecule has 1 aliphatic carbocycles. The minimum Gasteiger partial charge on any atom is -0.390 e. The number of aliphatic hydroxyl groups is 4. The number of unbranched alkanes of at least 4 members (excludes halogenated alkanes) is 1. The van der Waals surface area contributed by atoms with E-state index in [1.807, 2.05) is 6.92 Å². The summed E-state index contributed by atoms with van der Waals surface area (Å²) in [5, 5.41) is 39.9. The fourth-order valence-electron chi connectivity index (χ4n) is 2.52. The van der Waals surface area contributed by atoms with E-state index in [0.717, 1.165) is 25.7 Å². The highest BCUT2D eigenvalue weighted by atomic mass is 16.3. The molecule has 4 nitrogen and oxygen atoms in total. The van der Waals surface area contributed by atoms with Crippen LogP contribution in [0.5, 0.6) is 0 Å². The van der Waals surface area contributed by atoms with Crippen LogP contribution < -0.4 is 0 Å². The molecule has 17 heavy (non-hydrogen) atoms. The summed E-state index contributed by atoms with van der Waals surface area (Å²) in [5.41, 5.74) is -1.10. The van der Waals surface area contributed by atoms with E-state index in [4.69, 9.17) is 0 Å². The van der Waals surface area contributed by atoms with Crippen LogP contribution in [-0.4, -0.2) is 44.3 Å². The van der Waals surface area contributed by atoms with Crippen molar-refractivity contribution in [3.05, 3.63) is 0 Å². The molecule has 102 valence electrons. The Labute approximate surface area is 103 Å². The predicted octanol–water partition coefficient (Wildman–Crippen LogP) is 0.954. The number of rotatable bonds is 3. The Balaban J connectivity index is 2.68. The van der Waals surface area contributed by atoms with E-state index in [1.54, 1.807) is 0 Å². The molecule has 0 aromatic heterocycles. The van der Waals surface area contributed by atoms with Crippen LogP contribution >= 0.6 is 0 Å². The van der Waals surface area contributed by atoms with Crippen LogP contribution in [-0.2, 0) is 0 Å². The highest BCUT2D eigenvalue weighted by Gasteiger charge is 2.37. The summed E-state index contributed by atoms with van der Waals surface area (Å²) in [5.74, 6) is 0. The summed E-state index contributed by atoms with van der Waals surface area (Å²) in [6.45, 7) is 2.05. The monoisotopic (exact) mass is 246 g/mol. The topological polar surface area (TPSA) is 80.9 Å². The first-order valence-electron chi connectivity index (χ1n) is 6.76. The van der Waals surface area contributed by atoms with Gasteiger partial charge in [-0.2, -0.15) is 0 Å².